The van der Waals surface area contributed by atoms with Crippen LogP contribution in [-0.4, -0.2) is 36.4 Å². The van der Waals surface area contributed by atoms with Crippen molar-refractivity contribution >= 4 is 12.4 Å². The number of hydrogen-bond acceptors (Lipinski definition) is 3. The van der Waals surface area contributed by atoms with Gasteiger partial charge in [0.15, 0.2) is 0 Å². The number of halogens is 4. The fourth-order valence-electron chi connectivity index (χ4n) is 3.65. The first-order valence-corrected chi connectivity index (χ1v) is 7.70. The SMILES string of the molecule is CN(Cc1cccc(OC(F)(F)F)c1)C1CC2CCC(C1)N2.Cl. The van der Waals surface area contributed by atoms with Gasteiger partial charge in [-0.2, -0.15) is 0 Å². The van der Waals surface area contributed by atoms with Gasteiger partial charge in [0.25, 0.3) is 0 Å². The van der Waals surface area contributed by atoms with Crippen molar-refractivity contribution in [2.45, 2.75) is 56.7 Å². The molecule has 2 heterocycles. The van der Waals surface area contributed by atoms with Gasteiger partial charge >= 0.3 is 6.36 Å². The van der Waals surface area contributed by atoms with Crippen LogP contribution in [0.15, 0.2) is 24.3 Å². The molecule has 23 heavy (non-hydrogen) atoms. The number of rotatable bonds is 4. The molecule has 0 aliphatic carbocycles. The normalized spacial score (nSPS) is 26.9. The number of alkyl halides is 3. The molecule has 1 aromatic rings. The van der Waals surface area contributed by atoms with Gasteiger partial charge in [-0.3, -0.25) is 4.90 Å². The lowest BCUT2D eigenvalue weighted by molar-refractivity contribution is -0.274. The van der Waals surface area contributed by atoms with E-state index in [2.05, 4.69) is 15.0 Å². The topological polar surface area (TPSA) is 24.5 Å². The van der Waals surface area contributed by atoms with Crippen molar-refractivity contribution in [3.05, 3.63) is 29.8 Å². The average Bonchev–Trinajstić information content (AvgIpc) is 2.76. The number of nitrogens with one attached hydrogen (secondary N) is 1. The van der Waals surface area contributed by atoms with Crippen LogP contribution in [0.3, 0.4) is 0 Å². The first-order chi connectivity index (χ1) is 10.4. The molecular formula is C16H22ClF3N2O. The fourth-order valence-corrected chi connectivity index (χ4v) is 3.65. The Balaban J connectivity index is 0.00000192. The zero-order chi connectivity index (χ0) is 15.7. The molecule has 3 rings (SSSR count). The summed E-state index contributed by atoms with van der Waals surface area (Å²) >= 11 is 0. The highest BCUT2D eigenvalue weighted by Gasteiger charge is 2.35. The quantitative estimate of drug-likeness (QED) is 0.895. The van der Waals surface area contributed by atoms with E-state index in [4.69, 9.17) is 0 Å². The molecule has 3 nitrogen and oxygen atoms in total. The molecule has 2 fully saturated rings. The Kier molecular flexibility index (Phi) is 5.81. The second kappa shape index (κ2) is 7.28. The molecular weight excluding hydrogens is 329 g/mol. The summed E-state index contributed by atoms with van der Waals surface area (Å²) in [6.07, 6.45) is 0.0735. The number of fused-ring (bicyclic) bond motifs is 2. The van der Waals surface area contributed by atoms with Crippen LogP contribution in [0.1, 0.15) is 31.2 Å². The molecule has 0 amide bonds. The Bertz CT molecular complexity index is 514. The predicted molar refractivity (Wildman–Crippen MR) is 84.8 cm³/mol. The van der Waals surface area contributed by atoms with Crippen LogP contribution in [0.2, 0.25) is 0 Å². The van der Waals surface area contributed by atoms with Gasteiger partial charge in [-0.05, 0) is 50.4 Å². The van der Waals surface area contributed by atoms with E-state index in [1.165, 1.54) is 25.0 Å². The van der Waals surface area contributed by atoms with Gasteiger partial charge in [0, 0.05) is 24.7 Å². The summed E-state index contributed by atoms with van der Waals surface area (Å²) in [5.41, 5.74) is 0.843. The summed E-state index contributed by atoms with van der Waals surface area (Å²) in [6, 6.07) is 7.95. The smallest absolute Gasteiger partial charge is 0.406 e. The summed E-state index contributed by atoms with van der Waals surface area (Å²) in [6.45, 7) is 0.638. The molecule has 2 bridgehead atoms. The molecule has 0 spiro atoms. The van der Waals surface area contributed by atoms with Gasteiger partial charge in [-0.1, -0.05) is 12.1 Å². The van der Waals surface area contributed by atoms with E-state index < -0.39 is 6.36 Å². The first kappa shape index (κ1) is 18.4. The van der Waals surface area contributed by atoms with Crippen molar-refractivity contribution in [3.63, 3.8) is 0 Å². The Morgan fingerprint density at radius 3 is 2.48 bits per heavy atom. The Morgan fingerprint density at radius 2 is 1.87 bits per heavy atom. The average molecular weight is 351 g/mol. The summed E-state index contributed by atoms with van der Waals surface area (Å²) in [5, 5.41) is 3.60. The minimum Gasteiger partial charge on any atom is -0.406 e. The molecule has 2 saturated heterocycles. The summed E-state index contributed by atoms with van der Waals surface area (Å²) in [7, 11) is 2.05. The van der Waals surface area contributed by atoms with Gasteiger partial charge in [0.05, 0.1) is 0 Å². The largest absolute Gasteiger partial charge is 0.573 e. The number of nitrogens with zero attached hydrogens (tertiary/aromatic N) is 1. The minimum absolute atomic E-state index is 0. The van der Waals surface area contributed by atoms with Crippen molar-refractivity contribution in [1.82, 2.24) is 10.2 Å². The number of benzene rings is 1. The van der Waals surface area contributed by atoms with Gasteiger partial charge < -0.3 is 10.1 Å². The van der Waals surface area contributed by atoms with E-state index in [0.717, 1.165) is 18.4 Å². The molecule has 130 valence electrons. The monoisotopic (exact) mass is 350 g/mol. The van der Waals surface area contributed by atoms with Crippen LogP contribution in [0.4, 0.5) is 13.2 Å². The summed E-state index contributed by atoms with van der Waals surface area (Å²) in [5.74, 6) is -0.149. The van der Waals surface area contributed by atoms with Gasteiger partial charge in [-0.15, -0.1) is 25.6 Å². The third-order valence-electron chi connectivity index (χ3n) is 4.64. The van der Waals surface area contributed by atoms with Gasteiger partial charge in [-0.25, -0.2) is 0 Å². The standard InChI is InChI=1S/C16H21F3N2O.ClH/c1-21(14-8-12-5-6-13(9-14)20-12)10-11-3-2-4-15(7-11)22-16(17,18)19;/h2-4,7,12-14,20H,5-6,8-10H2,1H3;1H. The van der Waals surface area contributed by atoms with Crippen LogP contribution in [0.25, 0.3) is 0 Å². The predicted octanol–water partition coefficient (Wildman–Crippen LogP) is 3.72. The maximum Gasteiger partial charge on any atom is 0.573 e. The van der Waals surface area contributed by atoms with Crippen LogP contribution in [0.5, 0.6) is 5.75 Å². The second-order valence-electron chi connectivity index (χ2n) is 6.37. The van der Waals surface area contributed by atoms with Gasteiger partial charge in [0.2, 0.25) is 0 Å². The Hall–Kier alpha value is -0.980. The molecule has 2 aliphatic rings. The number of hydrogen-bond donors (Lipinski definition) is 1. The van der Waals surface area contributed by atoms with Crippen molar-refractivity contribution in [1.29, 1.82) is 0 Å². The summed E-state index contributed by atoms with van der Waals surface area (Å²) in [4.78, 5) is 2.25. The number of ether oxygens (including phenoxy) is 1. The van der Waals surface area contributed by atoms with Crippen molar-refractivity contribution in [3.8, 4) is 5.75 Å². The van der Waals surface area contributed by atoms with E-state index in [0.29, 0.717) is 24.7 Å². The Labute approximate surface area is 140 Å². The molecule has 2 aliphatic heterocycles. The van der Waals surface area contributed by atoms with Crippen LogP contribution in [-0.2, 0) is 6.54 Å². The second-order valence-corrected chi connectivity index (χ2v) is 6.37. The van der Waals surface area contributed by atoms with E-state index >= 15 is 0 Å². The van der Waals surface area contributed by atoms with Crippen molar-refractivity contribution < 1.29 is 17.9 Å². The maximum atomic E-state index is 12.3. The highest BCUT2D eigenvalue weighted by molar-refractivity contribution is 5.85. The number of piperidine rings is 1. The van der Waals surface area contributed by atoms with Crippen LogP contribution in [0, 0.1) is 0 Å². The van der Waals surface area contributed by atoms with Crippen molar-refractivity contribution in [2.24, 2.45) is 0 Å². The lowest BCUT2D eigenvalue weighted by atomic mass is 9.98. The zero-order valence-electron chi connectivity index (χ0n) is 13.0. The molecule has 0 aromatic heterocycles. The Morgan fingerprint density at radius 1 is 1.22 bits per heavy atom. The summed E-state index contributed by atoms with van der Waals surface area (Å²) < 4.78 is 40.8. The minimum atomic E-state index is -4.64. The molecule has 7 heteroatoms. The molecule has 1 aromatic carbocycles. The lowest BCUT2D eigenvalue weighted by Crippen LogP contribution is -2.46. The molecule has 0 radical (unpaired) electrons. The molecule has 2 unspecified atom stereocenters. The van der Waals surface area contributed by atoms with Crippen LogP contribution < -0.4 is 10.1 Å². The molecule has 0 saturated carbocycles. The zero-order valence-corrected chi connectivity index (χ0v) is 13.8. The third-order valence-corrected chi connectivity index (χ3v) is 4.64. The van der Waals surface area contributed by atoms with E-state index in [1.54, 1.807) is 6.07 Å². The molecule has 1 N–H and O–H groups in total. The fraction of sp³-hybridized carbons (Fsp3) is 0.625. The highest BCUT2D eigenvalue weighted by Crippen LogP contribution is 2.30. The third kappa shape index (κ3) is 4.99. The van der Waals surface area contributed by atoms with Crippen LogP contribution >= 0.6 is 12.4 Å². The van der Waals surface area contributed by atoms with Gasteiger partial charge in [0.1, 0.15) is 5.75 Å². The first-order valence-electron chi connectivity index (χ1n) is 7.70. The van der Waals surface area contributed by atoms with E-state index in [-0.39, 0.29) is 18.2 Å². The maximum absolute atomic E-state index is 12.3. The van der Waals surface area contributed by atoms with Crippen molar-refractivity contribution in [2.75, 3.05) is 7.05 Å². The molecule has 2 atom stereocenters. The van der Waals surface area contributed by atoms with E-state index in [9.17, 15) is 13.2 Å². The lowest BCUT2D eigenvalue weighted by Gasteiger charge is -2.35. The highest BCUT2D eigenvalue weighted by atomic mass is 35.5. The van der Waals surface area contributed by atoms with E-state index in [1.807, 2.05) is 13.1 Å².